The second-order valence-electron chi connectivity index (χ2n) is 4.37. The van der Waals surface area contributed by atoms with Gasteiger partial charge in [0.2, 0.25) is 0 Å². The number of halogens is 6. The number of rotatable bonds is 3. The summed E-state index contributed by atoms with van der Waals surface area (Å²) in [5.41, 5.74) is 0.181. The highest BCUT2D eigenvalue weighted by atomic mass is 35.5. The van der Waals surface area contributed by atoms with Crippen LogP contribution in [0.2, 0.25) is 13.7 Å². The molecule has 1 atom stereocenters. The molecule has 114 valence electrons. The fourth-order valence-electron chi connectivity index (χ4n) is 1.81. The zero-order valence-electron chi connectivity index (χ0n) is 10.6. The molecule has 0 aliphatic carbocycles. The summed E-state index contributed by atoms with van der Waals surface area (Å²) in [6, 6.07) is 4.69. The molecule has 2 rings (SSSR count). The molecule has 0 saturated heterocycles. The minimum atomic E-state index is -4.45. The van der Waals surface area contributed by atoms with E-state index in [1.54, 1.807) is 13.0 Å². The van der Waals surface area contributed by atoms with Gasteiger partial charge in [-0.25, -0.2) is 0 Å². The van der Waals surface area contributed by atoms with Crippen molar-refractivity contribution in [2.45, 2.75) is 19.1 Å². The third kappa shape index (κ3) is 4.19. The van der Waals surface area contributed by atoms with E-state index in [0.29, 0.717) is 8.67 Å². The van der Waals surface area contributed by atoms with Gasteiger partial charge in [-0.1, -0.05) is 34.8 Å². The van der Waals surface area contributed by atoms with Gasteiger partial charge in [0.1, 0.15) is 0 Å². The second kappa shape index (κ2) is 6.24. The van der Waals surface area contributed by atoms with Crippen LogP contribution in [0, 0.1) is 0 Å². The largest absolute Gasteiger partial charge is 0.416 e. The van der Waals surface area contributed by atoms with Crippen molar-refractivity contribution < 1.29 is 13.2 Å². The second-order valence-corrected chi connectivity index (χ2v) is 7.09. The standard InChI is InChI=1S/C13H9Cl3F3NS/c1-6(10-5-11(15)21-12(10)16)20-9-3-7(13(17,18)19)2-8(14)4-9/h2-6,20H,1H3. The third-order valence-electron chi connectivity index (χ3n) is 2.76. The van der Waals surface area contributed by atoms with E-state index >= 15 is 0 Å². The lowest BCUT2D eigenvalue weighted by molar-refractivity contribution is -0.137. The van der Waals surface area contributed by atoms with E-state index < -0.39 is 11.7 Å². The lowest BCUT2D eigenvalue weighted by atomic mass is 10.1. The van der Waals surface area contributed by atoms with E-state index in [1.807, 2.05) is 0 Å². The van der Waals surface area contributed by atoms with Gasteiger partial charge in [0.25, 0.3) is 0 Å². The van der Waals surface area contributed by atoms with Crippen LogP contribution >= 0.6 is 46.1 Å². The first kappa shape index (κ1) is 16.7. The van der Waals surface area contributed by atoms with Gasteiger partial charge in [-0.2, -0.15) is 13.2 Å². The van der Waals surface area contributed by atoms with Gasteiger partial charge in [0.15, 0.2) is 0 Å². The molecular weight excluding hydrogens is 366 g/mol. The first-order valence-corrected chi connectivity index (χ1v) is 7.71. The van der Waals surface area contributed by atoms with Crippen molar-refractivity contribution in [3.63, 3.8) is 0 Å². The molecule has 8 heteroatoms. The minimum absolute atomic E-state index is 0.00831. The van der Waals surface area contributed by atoms with Gasteiger partial charge in [0, 0.05) is 16.3 Å². The molecule has 0 spiro atoms. The molecule has 0 bridgehead atoms. The summed E-state index contributed by atoms with van der Waals surface area (Å²) in [4.78, 5) is 0. The Bertz CT molecular complexity index is 655. The van der Waals surface area contributed by atoms with Gasteiger partial charge in [-0.15, -0.1) is 11.3 Å². The lowest BCUT2D eigenvalue weighted by Gasteiger charge is -2.17. The van der Waals surface area contributed by atoms with Crippen LogP contribution in [0.25, 0.3) is 0 Å². The SMILES string of the molecule is CC(Nc1cc(Cl)cc(C(F)(F)F)c1)c1cc(Cl)sc1Cl. The summed E-state index contributed by atoms with van der Waals surface area (Å²) >= 11 is 18.8. The molecule has 1 heterocycles. The Morgan fingerprint density at radius 3 is 2.29 bits per heavy atom. The Morgan fingerprint density at radius 1 is 1.10 bits per heavy atom. The van der Waals surface area contributed by atoms with Crippen LogP contribution in [0.4, 0.5) is 18.9 Å². The molecule has 0 aliphatic heterocycles. The van der Waals surface area contributed by atoms with Crippen LogP contribution in [0.15, 0.2) is 24.3 Å². The fourth-order valence-corrected chi connectivity index (χ4v) is 3.69. The topological polar surface area (TPSA) is 12.0 Å². The molecule has 2 aromatic rings. The van der Waals surface area contributed by atoms with Crippen molar-refractivity contribution in [1.29, 1.82) is 0 Å². The monoisotopic (exact) mass is 373 g/mol. The van der Waals surface area contributed by atoms with E-state index in [0.717, 1.165) is 17.7 Å². The zero-order valence-corrected chi connectivity index (χ0v) is 13.6. The average Bonchev–Trinajstić information content (AvgIpc) is 2.66. The highest BCUT2D eigenvalue weighted by molar-refractivity contribution is 7.20. The number of hydrogen-bond acceptors (Lipinski definition) is 2. The predicted molar refractivity (Wildman–Crippen MR) is 82.8 cm³/mol. The normalized spacial score (nSPS) is 13.3. The summed E-state index contributed by atoms with van der Waals surface area (Å²) in [6.45, 7) is 1.78. The zero-order chi connectivity index (χ0) is 15.8. The van der Waals surface area contributed by atoms with E-state index in [1.165, 1.54) is 17.4 Å². The number of hydrogen-bond donors (Lipinski definition) is 1. The Balaban J connectivity index is 2.27. The summed E-state index contributed by atoms with van der Waals surface area (Å²) in [5.74, 6) is 0. The Kier molecular flexibility index (Phi) is 4.98. The summed E-state index contributed by atoms with van der Waals surface area (Å²) in [7, 11) is 0. The average molecular weight is 375 g/mol. The van der Waals surface area contributed by atoms with E-state index in [-0.39, 0.29) is 16.8 Å². The van der Waals surface area contributed by atoms with Crippen LogP contribution in [0.3, 0.4) is 0 Å². The molecular formula is C13H9Cl3F3NS. The Morgan fingerprint density at radius 2 is 1.76 bits per heavy atom. The van der Waals surface area contributed by atoms with Gasteiger partial charge in [-0.05, 0) is 31.2 Å². The molecule has 1 aromatic carbocycles. The number of alkyl halides is 3. The maximum atomic E-state index is 12.8. The number of thiophene rings is 1. The summed E-state index contributed by atoms with van der Waals surface area (Å²) in [5, 5.41) is 2.95. The van der Waals surface area contributed by atoms with Crippen LogP contribution in [0.5, 0.6) is 0 Å². The van der Waals surface area contributed by atoms with Crippen LogP contribution in [0.1, 0.15) is 24.1 Å². The molecule has 1 aromatic heterocycles. The first-order valence-electron chi connectivity index (χ1n) is 5.76. The number of anilines is 1. The molecule has 0 amide bonds. The van der Waals surface area contributed by atoms with Crippen molar-refractivity contribution >= 4 is 51.8 Å². The van der Waals surface area contributed by atoms with Crippen molar-refractivity contribution in [2.24, 2.45) is 0 Å². The number of nitrogens with one attached hydrogen (secondary N) is 1. The van der Waals surface area contributed by atoms with Crippen molar-refractivity contribution in [3.8, 4) is 0 Å². The Labute approximate surface area is 138 Å². The molecule has 1 N–H and O–H groups in total. The molecule has 0 fully saturated rings. The predicted octanol–water partition coefficient (Wildman–Crippen LogP) is 6.90. The van der Waals surface area contributed by atoms with E-state index in [4.69, 9.17) is 34.8 Å². The van der Waals surface area contributed by atoms with Gasteiger partial charge >= 0.3 is 6.18 Å². The minimum Gasteiger partial charge on any atom is -0.378 e. The molecule has 1 nitrogen and oxygen atoms in total. The quantitative estimate of drug-likeness (QED) is 0.616. The summed E-state index contributed by atoms with van der Waals surface area (Å²) < 4.78 is 39.3. The van der Waals surface area contributed by atoms with Crippen LogP contribution < -0.4 is 5.32 Å². The van der Waals surface area contributed by atoms with Crippen molar-refractivity contribution in [2.75, 3.05) is 5.32 Å². The van der Waals surface area contributed by atoms with E-state index in [2.05, 4.69) is 5.32 Å². The lowest BCUT2D eigenvalue weighted by Crippen LogP contribution is -2.09. The molecule has 21 heavy (non-hydrogen) atoms. The van der Waals surface area contributed by atoms with Crippen molar-refractivity contribution in [1.82, 2.24) is 0 Å². The van der Waals surface area contributed by atoms with Crippen LogP contribution in [-0.4, -0.2) is 0 Å². The number of benzene rings is 1. The molecule has 0 saturated carbocycles. The third-order valence-corrected chi connectivity index (χ3v) is 4.49. The maximum Gasteiger partial charge on any atom is 0.416 e. The van der Waals surface area contributed by atoms with E-state index in [9.17, 15) is 13.2 Å². The van der Waals surface area contributed by atoms with Crippen LogP contribution in [-0.2, 0) is 6.18 Å². The smallest absolute Gasteiger partial charge is 0.378 e. The maximum absolute atomic E-state index is 12.8. The highest BCUT2D eigenvalue weighted by Gasteiger charge is 2.31. The summed E-state index contributed by atoms with van der Waals surface area (Å²) in [6.07, 6.45) is -4.45. The van der Waals surface area contributed by atoms with Crippen molar-refractivity contribution in [3.05, 3.63) is 49.1 Å². The fraction of sp³-hybridized carbons (Fsp3) is 0.231. The first-order chi connectivity index (χ1) is 9.66. The van der Waals surface area contributed by atoms with Gasteiger partial charge in [0.05, 0.1) is 20.3 Å². The molecule has 0 aliphatic rings. The Hall–Kier alpha value is -0.620. The van der Waals surface area contributed by atoms with Gasteiger partial charge in [-0.3, -0.25) is 0 Å². The molecule has 0 radical (unpaired) electrons. The highest BCUT2D eigenvalue weighted by Crippen LogP contribution is 2.37. The molecule has 1 unspecified atom stereocenters. The van der Waals surface area contributed by atoms with Gasteiger partial charge < -0.3 is 5.32 Å².